The second-order valence-corrected chi connectivity index (χ2v) is 4.89. The highest BCUT2D eigenvalue weighted by Crippen LogP contribution is 2.30. The highest BCUT2D eigenvalue weighted by Gasteiger charge is 2.08. The number of hydrogen-bond donors (Lipinski definition) is 0. The molecule has 0 saturated carbocycles. The van der Waals surface area contributed by atoms with Crippen molar-refractivity contribution in [1.29, 1.82) is 0 Å². The number of aryl methyl sites for hydroxylation is 1. The average molecular weight is 297 g/mol. The van der Waals surface area contributed by atoms with Crippen LogP contribution in [0.25, 0.3) is 11.3 Å². The molecule has 0 aliphatic carbocycles. The molecule has 0 N–H and O–H groups in total. The number of benzene rings is 1. The zero-order valence-electron chi connectivity index (χ0n) is 10.8. The van der Waals surface area contributed by atoms with E-state index in [4.69, 9.17) is 27.9 Å². The Balaban J connectivity index is 2.46. The Labute approximate surface area is 122 Å². The van der Waals surface area contributed by atoms with Crippen LogP contribution >= 0.6 is 23.2 Å². The van der Waals surface area contributed by atoms with Gasteiger partial charge in [-0.05, 0) is 18.6 Å². The smallest absolute Gasteiger partial charge is 0.138 e. The topological polar surface area (TPSA) is 35.0 Å². The molecule has 0 bridgehead atoms. The second-order valence-electron chi connectivity index (χ2n) is 4.09. The Morgan fingerprint density at radius 2 is 1.95 bits per heavy atom. The number of rotatable bonds is 4. The van der Waals surface area contributed by atoms with Crippen LogP contribution in [0.5, 0.6) is 5.75 Å². The third-order valence-electron chi connectivity index (χ3n) is 2.66. The minimum absolute atomic E-state index is 0.447. The fraction of sp³-hybridized carbons (Fsp3) is 0.286. The first-order valence-electron chi connectivity index (χ1n) is 6.01. The van der Waals surface area contributed by atoms with E-state index < -0.39 is 0 Å². The molecule has 1 heterocycles. The van der Waals surface area contributed by atoms with E-state index in [2.05, 4.69) is 16.9 Å². The van der Waals surface area contributed by atoms with E-state index >= 15 is 0 Å². The Kier molecular flexibility index (Phi) is 4.61. The van der Waals surface area contributed by atoms with Gasteiger partial charge in [0, 0.05) is 18.1 Å². The molecular weight excluding hydrogens is 283 g/mol. The lowest BCUT2D eigenvalue weighted by Crippen LogP contribution is -1.97. The van der Waals surface area contributed by atoms with Crippen LogP contribution in [0.4, 0.5) is 0 Å². The molecule has 0 radical (unpaired) electrons. The largest absolute Gasteiger partial charge is 0.495 e. The van der Waals surface area contributed by atoms with Gasteiger partial charge in [0.1, 0.15) is 16.7 Å². The van der Waals surface area contributed by atoms with Gasteiger partial charge in [-0.15, -0.1) is 0 Å². The Bertz CT molecular complexity index is 588. The van der Waals surface area contributed by atoms with Crippen LogP contribution in [0, 0.1) is 0 Å². The molecule has 0 spiro atoms. The standard InChI is InChI=1S/C14H14Cl2N2O/c1-3-4-14-17-11(8-13(16)18-14)9-5-6-10(15)12(7-9)19-2/h5-8H,3-4H2,1-2H3. The van der Waals surface area contributed by atoms with E-state index in [1.54, 1.807) is 19.2 Å². The fourth-order valence-electron chi connectivity index (χ4n) is 1.77. The summed E-state index contributed by atoms with van der Waals surface area (Å²) in [6, 6.07) is 7.25. The minimum atomic E-state index is 0.447. The number of nitrogens with zero attached hydrogens (tertiary/aromatic N) is 2. The highest BCUT2D eigenvalue weighted by molar-refractivity contribution is 6.32. The summed E-state index contributed by atoms with van der Waals surface area (Å²) in [5.41, 5.74) is 1.68. The third-order valence-corrected chi connectivity index (χ3v) is 3.17. The van der Waals surface area contributed by atoms with Gasteiger partial charge in [0.15, 0.2) is 0 Å². The first kappa shape index (κ1) is 14.1. The quantitative estimate of drug-likeness (QED) is 0.784. The van der Waals surface area contributed by atoms with Gasteiger partial charge >= 0.3 is 0 Å². The van der Waals surface area contributed by atoms with Crippen LogP contribution < -0.4 is 4.74 Å². The molecule has 19 heavy (non-hydrogen) atoms. The van der Waals surface area contributed by atoms with Gasteiger partial charge in [0.05, 0.1) is 17.8 Å². The van der Waals surface area contributed by atoms with E-state index in [-0.39, 0.29) is 0 Å². The summed E-state index contributed by atoms with van der Waals surface area (Å²) in [6.07, 6.45) is 1.78. The van der Waals surface area contributed by atoms with Crippen molar-refractivity contribution in [3.05, 3.63) is 40.3 Å². The molecular formula is C14H14Cl2N2O. The number of halogens is 2. The van der Waals surface area contributed by atoms with E-state index in [9.17, 15) is 0 Å². The second kappa shape index (κ2) is 6.22. The first-order valence-corrected chi connectivity index (χ1v) is 6.77. The predicted molar refractivity (Wildman–Crippen MR) is 78.0 cm³/mol. The number of methoxy groups -OCH3 is 1. The third kappa shape index (κ3) is 3.37. The average Bonchev–Trinajstić information content (AvgIpc) is 2.39. The predicted octanol–water partition coefficient (Wildman–Crippen LogP) is 4.41. The monoisotopic (exact) mass is 296 g/mol. The molecule has 3 nitrogen and oxygen atoms in total. The SMILES string of the molecule is CCCc1nc(Cl)cc(-c2ccc(Cl)c(OC)c2)n1. The van der Waals surface area contributed by atoms with Crippen LogP contribution in [0.2, 0.25) is 10.2 Å². The van der Waals surface area contributed by atoms with E-state index in [0.717, 1.165) is 29.9 Å². The normalized spacial score (nSPS) is 10.5. The van der Waals surface area contributed by atoms with Gasteiger partial charge in [0.2, 0.25) is 0 Å². The molecule has 0 fully saturated rings. The van der Waals surface area contributed by atoms with Crippen molar-refractivity contribution in [3.63, 3.8) is 0 Å². The van der Waals surface area contributed by atoms with Gasteiger partial charge in [-0.2, -0.15) is 0 Å². The van der Waals surface area contributed by atoms with E-state index in [1.165, 1.54) is 0 Å². The van der Waals surface area contributed by atoms with Crippen molar-refractivity contribution < 1.29 is 4.74 Å². The van der Waals surface area contributed by atoms with E-state index in [1.807, 2.05) is 12.1 Å². The summed E-state index contributed by atoms with van der Waals surface area (Å²) in [6.45, 7) is 2.08. The van der Waals surface area contributed by atoms with Gasteiger partial charge in [-0.1, -0.05) is 36.2 Å². The lowest BCUT2D eigenvalue weighted by Gasteiger charge is -2.08. The van der Waals surface area contributed by atoms with Gasteiger partial charge in [-0.25, -0.2) is 9.97 Å². The van der Waals surface area contributed by atoms with Crippen LogP contribution in [0.3, 0.4) is 0 Å². The molecule has 100 valence electrons. The first-order chi connectivity index (χ1) is 9.13. The molecule has 0 unspecified atom stereocenters. The van der Waals surface area contributed by atoms with Crippen LogP contribution in [0.15, 0.2) is 24.3 Å². The van der Waals surface area contributed by atoms with Gasteiger partial charge in [-0.3, -0.25) is 0 Å². The number of aromatic nitrogens is 2. The highest BCUT2D eigenvalue weighted by atomic mass is 35.5. The van der Waals surface area contributed by atoms with Crippen molar-refractivity contribution >= 4 is 23.2 Å². The van der Waals surface area contributed by atoms with Crippen molar-refractivity contribution in [3.8, 4) is 17.0 Å². The zero-order valence-corrected chi connectivity index (χ0v) is 12.3. The van der Waals surface area contributed by atoms with Gasteiger partial charge in [0.25, 0.3) is 0 Å². The van der Waals surface area contributed by atoms with Crippen molar-refractivity contribution in [2.45, 2.75) is 19.8 Å². The molecule has 1 aromatic carbocycles. The summed E-state index contributed by atoms with van der Waals surface area (Å²) in [5.74, 6) is 1.37. The molecule has 2 aromatic rings. The van der Waals surface area contributed by atoms with Gasteiger partial charge < -0.3 is 4.74 Å². The van der Waals surface area contributed by atoms with Crippen LogP contribution in [-0.4, -0.2) is 17.1 Å². The van der Waals surface area contributed by atoms with E-state index in [0.29, 0.717) is 15.9 Å². The fourth-order valence-corrected chi connectivity index (χ4v) is 2.16. The summed E-state index contributed by atoms with van der Waals surface area (Å²) in [5, 5.41) is 1.02. The number of ether oxygens (including phenoxy) is 1. The Morgan fingerprint density at radius 1 is 1.16 bits per heavy atom. The molecule has 1 aromatic heterocycles. The number of hydrogen-bond acceptors (Lipinski definition) is 3. The summed E-state index contributed by atoms with van der Waals surface area (Å²) in [4.78, 5) is 8.71. The maximum atomic E-state index is 6.03. The Hall–Kier alpha value is -1.32. The summed E-state index contributed by atoms with van der Waals surface area (Å²) in [7, 11) is 1.58. The maximum absolute atomic E-state index is 6.03. The molecule has 0 aliphatic heterocycles. The maximum Gasteiger partial charge on any atom is 0.138 e. The summed E-state index contributed by atoms with van der Waals surface area (Å²) < 4.78 is 5.21. The van der Waals surface area contributed by atoms with Crippen LogP contribution in [0.1, 0.15) is 19.2 Å². The molecule has 0 atom stereocenters. The summed E-state index contributed by atoms with van der Waals surface area (Å²) >= 11 is 12.0. The van der Waals surface area contributed by atoms with Crippen molar-refractivity contribution in [2.75, 3.05) is 7.11 Å². The molecule has 5 heteroatoms. The molecule has 0 saturated heterocycles. The molecule has 2 rings (SSSR count). The lowest BCUT2D eigenvalue weighted by atomic mass is 10.1. The lowest BCUT2D eigenvalue weighted by molar-refractivity contribution is 0.415. The van der Waals surface area contributed by atoms with Crippen molar-refractivity contribution in [2.24, 2.45) is 0 Å². The molecule has 0 aliphatic rings. The van der Waals surface area contributed by atoms with Crippen LogP contribution in [-0.2, 0) is 6.42 Å². The van der Waals surface area contributed by atoms with Crippen molar-refractivity contribution in [1.82, 2.24) is 9.97 Å². The molecule has 0 amide bonds. The zero-order chi connectivity index (χ0) is 13.8. The minimum Gasteiger partial charge on any atom is -0.495 e. The Morgan fingerprint density at radius 3 is 2.63 bits per heavy atom.